The Labute approximate surface area is 109 Å². The van der Waals surface area contributed by atoms with Gasteiger partial charge in [-0.15, -0.1) is 0 Å². The molecule has 0 saturated carbocycles. The van der Waals surface area contributed by atoms with Crippen LogP contribution < -0.4 is 10.3 Å². The number of aromatic nitrogens is 2. The maximum atomic E-state index is 11.9. The van der Waals surface area contributed by atoms with Crippen molar-refractivity contribution in [1.29, 1.82) is 0 Å². The van der Waals surface area contributed by atoms with E-state index < -0.39 is 0 Å². The van der Waals surface area contributed by atoms with Gasteiger partial charge in [0.25, 0.3) is 0 Å². The van der Waals surface area contributed by atoms with Crippen molar-refractivity contribution in [2.24, 2.45) is 0 Å². The van der Waals surface area contributed by atoms with Gasteiger partial charge in [-0.05, 0) is 34.6 Å². The Morgan fingerprint density at radius 2 is 1.84 bits per heavy atom. The fraction of sp³-hybridized carbons (Fsp3) is 0.0667. The number of aryl methyl sites for hydroxylation is 1. The predicted molar refractivity (Wildman–Crippen MR) is 71.0 cm³/mol. The van der Waals surface area contributed by atoms with Gasteiger partial charge in [0.1, 0.15) is 0 Å². The maximum Gasteiger partial charge on any atom is 0.435 e. The van der Waals surface area contributed by atoms with Gasteiger partial charge in [-0.2, -0.15) is 0 Å². The fourth-order valence-corrected chi connectivity index (χ4v) is 2.06. The second kappa shape index (κ2) is 4.57. The third kappa shape index (κ3) is 2.08. The Kier molecular flexibility index (Phi) is 2.76. The van der Waals surface area contributed by atoms with E-state index in [-0.39, 0.29) is 5.63 Å². The first-order valence-electron chi connectivity index (χ1n) is 6.02. The van der Waals surface area contributed by atoms with Crippen LogP contribution >= 0.6 is 0 Å². The number of hydrogen-bond donors (Lipinski definition) is 1. The molecule has 94 valence electrons. The minimum absolute atomic E-state index is 0.382. The molecule has 4 nitrogen and oxygen atoms in total. The molecule has 0 aliphatic heterocycles. The summed E-state index contributed by atoms with van der Waals surface area (Å²) in [7, 11) is 0. The molecule has 0 unspecified atom stereocenters. The highest BCUT2D eigenvalue weighted by Gasteiger charge is 2.24. The number of nitrogens with one attached hydrogen (secondary N) is 1. The van der Waals surface area contributed by atoms with Gasteiger partial charge in [0.15, 0.2) is 0 Å². The molecule has 1 heterocycles. The van der Waals surface area contributed by atoms with Crippen LogP contribution in [0.25, 0.3) is 16.9 Å². The SMILES string of the molecule is Cc1cccc(-[n+]2[nH]oc(=O)c2-c2ccccc2)c1. The maximum absolute atomic E-state index is 11.9. The first kappa shape index (κ1) is 11.5. The summed E-state index contributed by atoms with van der Waals surface area (Å²) in [4.78, 5) is 11.9. The van der Waals surface area contributed by atoms with Crippen LogP contribution in [0.4, 0.5) is 0 Å². The Morgan fingerprint density at radius 3 is 2.58 bits per heavy atom. The second-order valence-electron chi connectivity index (χ2n) is 4.37. The molecule has 0 bridgehead atoms. The van der Waals surface area contributed by atoms with Gasteiger partial charge in [-0.25, -0.2) is 4.79 Å². The smallest absolute Gasteiger partial charge is 0.282 e. The quantitative estimate of drug-likeness (QED) is 0.712. The third-order valence-corrected chi connectivity index (χ3v) is 2.95. The number of nitrogens with zero attached hydrogens (tertiary/aromatic N) is 1. The molecule has 0 radical (unpaired) electrons. The van der Waals surface area contributed by atoms with Crippen molar-refractivity contribution in [2.45, 2.75) is 6.92 Å². The van der Waals surface area contributed by atoms with Crippen LogP contribution in [0.15, 0.2) is 63.9 Å². The van der Waals surface area contributed by atoms with E-state index in [2.05, 4.69) is 5.27 Å². The van der Waals surface area contributed by atoms with E-state index in [1.165, 1.54) is 0 Å². The number of rotatable bonds is 2. The molecular weight excluding hydrogens is 240 g/mol. The van der Waals surface area contributed by atoms with Crippen molar-refractivity contribution in [3.8, 4) is 16.9 Å². The zero-order valence-electron chi connectivity index (χ0n) is 10.5. The van der Waals surface area contributed by atoms with E-state index >= 15 is 0 Å². The van der Waals surface area contributed by atoms with E-state index in [1.54, 1.807) is 4.68 Å². The lowest BCUT2D eigenvalue weighted by atomic mass is 10.1. The van der Waals surface area contributed by atoms with E-state index in [4.69, 9.17) is 4.52 Å². The molecule has 1 N–H and O–H groups in total. The second-order valence-corrected chi connectivity index (χ2v) is 4.37. The lowest BCUT2D eigenvalue weighted by Gasteiger charge is -1.95. The summed E-state index contributed by atoms with van der Waals surface area (Å²) < 4.78 is 6.58. The summed E-state index contributed by atoms with van der Waals surface area (Å²) in [6, 6.07) is 17.3. The van der Waals surface area contributed by atoms with Crippen molar-refractivity contribution in [2.75, 3.05) is 0 Å². The predicted octanol–water partition coefficient (Wildman–Crippen LogP) is 2.22. The number of H-pyrrole nitrogens is 1. The van der Waals surface area contributed by atoms with Crippen molar-refractivity contribution in [3.05, 3.63) is 70.6 Å². The molecule has 3 aromatic rings. The highest BCUT2D eigenvalue weighted by Crippen LogP contribution is 2.12. The first-order valence-corrected chi connectivity index (χ1v) is 6.02. The first-order chi connectivity index (χ1) is 9.25. The average Bonchev–Trinajstić information content (AvgIpc) is 2.82. The summed E-state index contributed by atoms with van der Waals surface area (Å²) in [5.74, 6) is 0. The van der Waals surface area contributed by atoms with Crippen LogP contribution in [0.2, 0.25) is 0 Å². The molecule has 0 aliphatic carbocycles. The zero-order chi connectivity index (χ0) is 13.2. The molecule has 0 atom stereocenters. The van der Waals surface area contributed by atoms with E-state index in [1.807, 2.05) is 61.5 Å². The van der Waals surface area contributed by atoms with Crippen molar-refractivity contribution < 1.29 is 9.20 Å². The largest absolute Gasteiger partial charge is 0.435 e. The standard InChI is InChI=1S/C15H12N2O2/c1-11-6-5-9-13(10-11)17-14(15(18)19-16-17)12-7-3-2-4-8-12/h2-10H,1H3/p+1. The monoisotopic (exact) mass is 253 g/mol. The summed E-state index contributed by atoms with van der Waals surface area (Å²) in [5, 5.41) is 2.65. The molecule has 0 amide bonds. The van der Waals surface area contributed by atoms with Crippen molar-refractivity contribution in [3.63, 3.8) is 0 Å². The van der Waals surface area contributed by atoms with Gasteiger partial charge in [-0.3, -0.25) is 4.52 Å². The van der Waals surface area contributed by atoms with Gasteiger partial charge in [0, 0.05) is 12.1 Å². The summed E-state index contributed by atoms with van der Waals surface area (Å²) in [6.45, 7) is 2.00. The van der Waals surface area contributed by atoms with Gasteiger partial charge in [-0.1, -0.05) is 30.3 Å². The molecule has 0 fully saturated rings. The van der Waals surface area contributed by atoms with Gasteiger partial charge in [0.2, 0.25) is 5.69 Å². The van der Waals surface area contributed by atoms with Crippen molar-refractivity contribution in [1.82, 2.24) is 5.27 Å². The topological polar surface area (TPSA) is 49.9 Å². The van der Waals surface area contributed by atoms with Gasteiger partial charge in [0.05, 0.1) is 5.56 Å². The fourth-order valence-electron chi connectivity index (χ4n) is 2.06. The molecule has 0 saturated heterocycles. The molecule has 3 rings (SSSR count). The lowest BCUT2D eigenvalue weighted by Crippen LogP contribution is -2.36. The Hall–Kier alpha value is -2.62. The molecular formula is C15H13N2O2+. The Morgan fingerprint density at radius 1 is 1.05 bits per heavy atom. The van der Waals surface area contributed by atoms with E-state index in [0.29, 0.717) is 5.69 Å². The van der Waals surface area contributed by atoms with Gasteiger partial charge >= 0.3 is 11.3 Å². The van der Waals surface area contributed by atoms with Crippen LogP contribution in [0, 0.1) is 6.92 Å². The summed E-state index contributed by atoms with van der Waals surface area (Å²) >= 11 is 0. The number of aromatic amines is 1. The molecule has 2 aromatic carbocycles. The molecule has 0 spiro atoms. The molecule has 1 aromatic heterocycles. The third-order valence-electron chi connectivity index (χ3n) is 2.95. The minimum Gasteiger partial charge on any atom is -0.282 e. The summed E-state index contributed by atoms with van der Waals surface area (Å²) in [6.07, 6.45) is 0. The average molecular weight is 253 g/mol. The summed E-state index contributed by atoms with van der Waals surface area (Å²) in [5.41, 5.74) is 2.91. The van der Waals surface area contributed by atoms with Crippen LogP contribution in [-0.2, 0) is 0 Å². The van der Waals surface area contributed by atoms with Crippen LogP contribution in [0.3, 0.4) is 0 Å². The Balaban J connectivity index is 2.22. The zero-order valence-corrected chi connectivity index (χ0v) is 10.5. The number of hydrogen-bond acceptors (Lipinski definition) is 2. The van der Waals surface area contributed by atoms with Crippen molar-refractivity contribution >= 4 is 0 Å². The molecule has 19 heavy (non-hydrogen) atoms. The van der Waals surface area contributed by atoms with Crippen LogP contribution in [-0.4, -0.2) is 5.27 Å². The highest BCUT2D eigenvalue weighted by atomic mass is 16.5. The Bertz CT molecular complexity index is 757. The van der Waals surface area contributed by atoms with E-state index in [0.717, 1.165) is 16.8 Å². The highest BCUT2D eigenvalue weighted by molar-refractivity contribution is 5.54. The minimum atomic E-state index is -0.382. The lowest BCUT2D eigenvalue weighted by molar-refractivity contribution is -0.660. The van der Waals surface area contributed by atoms with Crippen LogP contribution in [0.1, 0.15) is 5.56 Å². The molecule has 4 heteroatoms. The van der Waals surface area contributed by atoms with E-state index in [9.17, 15) is 4.79 Å². The number of benzene rings is 2. The van der Waals surface area contributed by atoms with Gasteiger partial charge < -0.3 is 0 Å². The molecule has 0 aliphatic rings. The van der Waals surface area contributed by atoms with Crippen LogP contribution in [0.5, 0.6) is 0 Å². The normalized spacial score (nSPS) is 10.6.